The average molecular weight is 560 g/mol. The minimum atomic E-state index is -3.12. The molecule has 3 heterocycles. The number of nitrogens with one attached hydrogen (secondary N) is 1. The molecule has 2 fully saturated rings. The van der Waals surface area contributed by atoms with Gasteiger partial charge in [0.2, 0.25) is 10.0 Å². The summed E-state index contributed by atoms with van der Waals surface area (Å²) in [5.74, 6) is -0.263. The van der Waals surface area contributed by atoms with E-state index in [1.54, 1.807) is 17.7 Å². The van der Waals surface area contributed by atoms with Gasteiger partial charge in [-0.05, 0) is 96.6 Å². The fraction of sp³-hybridized carbons (Fsp3) is 0.655. The summed E-state index contributed by atoms with van der Waals surface area (Å²) in [5, 5.41) is 4.11. The van der Waals surface area contributed by atoms with Gasteiger partial charge in [0.1, 0.15) is 5.56 Å². The molecule has 1 unspecified atom stereocenters. The van der Waals surface area contributed by atoms with Crippen LogP contribution in [-0.2, 0) is 10.0 Å². The highest BCUT2D eigenvalue weighted by molar-refractivity contribution is 7.88. The van der Waals surface area contributed by atoms with Crippen LogP contribution in [0.1, 0.15) is 68.8 Å². The van der Waals surface area contributed by atoms with Crippen molar-refractivity contribution in [1.29, 1.82) is 0 Å². The van der Waals surface area contributed by atoms with Crippen molar-refractivity contribution in [3.8, 4) is 0 Å². The van der Waals surface area contributed by atoms with E-state index in [1.807, 2.05) is 38.1 Å². The number of amides is 1. The average Bonchev–Trinajstić information content (AvgIpc) is 3.10. The standard InChI is InChI=1S/C29H45N5O4S/c1-21(2)34-27-11-7-6-10-22(27)18-26(29(34)36)28(35)30-23-19-24-12-13-25(20-23)33(24)17-9-15-31(3)14-8-16-32(4)39(5,37)38/h6-7,10-11,18,21,23-25H,8-9,12-17,19-20H2,1-5H3,(H,30,35)/t23?,24-,25+. The number of piperidine rings is 1. The van der Waals surface area contributed by atoms with Gasteiger partial charge >= 0.3 is 0 Å². The first kappa shape index (κ1) is 29.7. The van der Waals surface area contributed by atoms with Gasteiger partial charge in [-0.3, -0.25) is 14.5 Å². The molecule has 9 nitrogen and oxygen atoms in total. The number of hydrogen-bond acceptors (Lipinski definition) is 6. The maximum absolute atomic E-state index is 13.3. The second-order valence-electron chi connectivity index (χ2n) is 11.7. The van der Waals surface area contributed by atoms with E-state index in [0.29, 0.717) is 18.6 Å². The van der Waals surface area contributed by atoms with Crippen LogP contribution in [0, 0.1) is 0 Å². The summed E-state index contributed by atoms with van der Waals surface area (Å²) >= 11 is 0. The van der Waals surface area contributed by atoms with E-state index >= 15 is 0 Å². The number of benzene rings is 1. The quantitative estimate of drug-likeness (QED) is 0.430. The number of hydrogen-bond donors (Lipinski definition) is 1. The minimum Gasteiger partial charge on any atom is -0.349 e. The highest BCUT2D eigenvalue weighted by Crippen LogP contribution is 2.36. The number of aromatic nitrogens is 1. The highest BCUT2D eigenvalue weighted by atomic mass is 32.2. The molecule has 0 radical (unpaired) electrons. The van der Waals surface area contributed by atoms with E-state index in [9.17, 15) is 18.0 Å². The molecular formula is C29H45N5O4S. The molecule has 10 heteroatoms. The number of carbonyl (C=O) groups excluding carboxylic acids is 1. The van der Waals surface area contributed by atoms with Gasteiger partial charge in [0.15, 0.2) is 0 Å². The lowest BCUT2D eigenvalue weighted by molar-refractivity contribution is 0.0834. The molecule has 2 aliphatic heterocycles. The van der Waals surface area contributed by atoms with E-state index in [-0.39, 0.29) is 29.1 Å². The summed E-state index contributed by atoms with van der Waals surface area (Å²) in [4.78, 5) is 31.5. The summed E-state index contributed by atoms with van der Waals surface area (Å²) in [6.07, 6.45) is 7.27. The number of nitrogens with zero attached hydrogens (tertiary/aromatic N) is 4. The van der Waals surface area contributed by atoms with Crippen LogP contribution in [0.15, 0.2) is 35.1 Å². The van der Waals surface area contributed by atoms with Crippen LogP contribution >= 0.6 is 0 Å². The van der Waals surface area contributed by atoms with Crippen molar-refractivity contribution < 1.29 is 13.2 Å². The molecule has 4 rings (SSSR count). The Labute approximate surface area is 233 Å². The molecule has 0 saturated carbocycles. The molecule has 2 aromatic rings. The zero-order chi connectivity index (χ0) is 28.3. The maximum Gasteiger partial charge on any atom is 0.264 e. The van der Waals surface area contributed by atoms with Crippen LogP contribution < -0.4 is 10.9 Å². The Kier molecular flexibility index (Phi) is 9.52. The van der Waals surface area contributed by atoms with Crippen LogP contribution in [0.2, 0.25) is 0 Å². The van der Waals surface area contributed by atoms with Gasteiger partial charge in [-0.2, -0.15) is 0 Å². The second-order valence-corrected chi connectivity index (χ2v) is 13.8. The molecule has 39 heavy (non-hydrogen) atoms. The first-order valence-electron chi connectivity index (χ1n) is 14.3. The van der Waals surface area contributed by atoms with Crippen molar-refractivity contribution in [1.82, 2.24) is 24.0 Å². The lowest BCUT2D eigenvalue weighted by Gasteiger charge is -2.39. The zero-order valence-electron chi connectivity index (χ0n) is 24.1. The minimum absolute atomic E-state index is 0.0397. The fourth-order valence-electron chi connectivity index (χ4n) is 6.35. The molecular weight excluding hydrogens is 514 g/mol. The van der Waals surface area contributed by atoms with E-state index in [1.165, 1.54) is 10.6 Å². The van der Waals surface area contributed by atoms with Crippen LogP contribution in [0.3, 0.4) is 0 Å². The monoisotopic (exact) mass is 559 g/mol. The molecule has 1 aromatic heterocycles. The van der Waals surface area contributed by atoms with Crippen molar-refractivity contribution in [3.05, 3.63) is 46.2 Å². The van der Waals surface area contributed by atoms with E-state index in [0.717, 1.165) is 69.1 Å². The molecule has 1 aromatic carbocycles. The fourth-order valence-corrected chi connectivity index (χ4v) is 6.81. The third-order valence-corrected chi connectivity index (χ3v) is 9.78. The normalized spacial score (nSPS) is 21.9. The Balaban J connectivity index is 1.29. The van der Waals surface area contributed by atoms with Crippen molar-refractivity contribution in [3.63, 3.8) is 0 Å². The van der Waals surface area contributed by atoms with Gasteiger partial charge in [-0.25, -0.2) is 12.7 Å². The number of pyridine rings is 1. The van der Waals surface area contributed by atoms with Gasteiger partial charge in [0.25, 0.3) is 11.5 Å². The molecule has 2 bridgehead atoms. The topological polar surface area (TPSA) is 95.0 Å². The molecule has 216 valence electrons. The predicted octanol–water partition coefficient (Wildman–Crippen LogP) is 2.91. The van der Waals surface area contributed by atoms with Gasteiger partial charge in [0, 0.05) is 37.8 Å². The molecule has 3 atom stereocenters. The second kappa shape index (κ2) is 12.5. The van der Waals surface area contributed by atoms with Crippen molar-refractivity contribution in [2.75, 3.05) is 46.5 Å². The predicted molar refractivity (Wildman–Crippen MR) is 157 cm³/mol. The summed E-state index contributed by atoms with van der Waals surface area (Å²) in [7, 11) is 0.603. The van der Waals surface area contributed by atoms with Gasteiger partial charge in [-0.15, -0.1) is 0 Å². The van der Waals surface area contributed by atoms with Gasteiger partial charge in [0.05, 0.1) is 11.8 Å². The third kappa shape index (κ3) is 7.09. The molecule has 1 amide bonds. The van der Waals surface area contributed by atoms with Crippen LogP contribution in [0.5, 0.6) is 0 Å². The Hall–Kier alpha value is -2.27. The molecule has 2 aliphatic rings. The number of para-hydroxylation sites is 1. The van der Waals surface area contributed by atoms with Crippen LogP contribution in [0.4, 0.5) is 0 Å². The zero-order valence-corrected chi connectivity index (χ0v) is 24.9. The van der Waals surface area contributed by atoms with Gasteiger partial charge < -0.3 is 14.8 Å². The molecule has 1 N–H and O–H groups in total. The van der Waals surface area contributed by atoms with E-state index in [4.69, 9.17) is 0 Å². The SMILES string of the molecule is CC(C)n1c(=O)c(C(=O)NC2C[C@H]3CC[C@@H](C2)N3CCCN(C)CCCN(C)S(C)(=O)=O)cc2ccccc21. The first-order chi connectivity index (χ1) is 18.5. The summed E-state index contributed by atoms with van der Waals surface area (Å²) in [6.45, 7) is 7.36. The first-order valence-corrected chi connectivity index (χ1v) is 16.1. The van der Waals surface area contributed by atoms with Crippen LogP contribution in [-0.4, -0.2) is 97.7 Å². The van der Waals surface area contributed by atoms with Crippen LogP contribution in [0.25, 0.3) is 10.9 Å². The Morgan fingerprint density at radius 2 is 1.69 bits per heavy atom. The highest BCUT2D eigenvalue weighted by Gasteiger charge is 2.40. The third-order valence-electron chi connectivity index (χ3n) is 8.46. The molecule has 0 aliphatic carbocycles. The lowest BCUT2D eigenvalue weighted by Crippen LogP contribution is -2.51. The number of sulfonamides is 1. The maximum atomic E-state index is 13.3. The largest absolute Gasteiger partial charge is 0.349 e. The number of fused-ring (bicyclic) bond motifs is 3. The Bertz CT molecular complexity index is 1310. The number of carbonyl (C=O) groups is 1. The van der Waals surface area contributed by atoms with E-state index in [2.05, 4.69) is 22.2 Å². The van der Waals surface area contributed by atoms with Gasteiger partial charge in [-0.1, -0.05) is 18.2 Å². The number of rotatable bonds is 12. The van der Waals surface area contributed by atoms with Crippen molar-refractivity contribution >= 4 is 26.8 Å². The van der Waals surface area contributed by atoms with Crippen molar-refractivity contribution in [2.24, 2.45) is 0 Å². The van der Waals surface area contributed by atoms with Crippen molar-refractivity contribution in [2.45, 2.75) is 76.5 Å². The summed E-state index contributed by atoms with van der Waals surface area (Å²) in [5.41, 5.74) is 0.851. The van der Waals surface area contributed by atoms with E-state index < -0.39 is 10.0 Å². The smallest absolute Gasteiger partial charge is 0.264 e. The summed E-state index contributed by atoms with van der Waals surface area (Å²) < 4.78 is 26.2. The molecule has 0 spiro atoms. The Morgan fingerprint density at radius 3 is 2.33 bits per heavy atom. The Morgan fingerprint density at radius 1 is 1.05 bits per heavy atom. The summed E-state index contributed by atoms with van der Waals surface area (Å²) in [6, 6.07) is 10.5. The molecule has 2 saturated heterocycles. The lowest BCUT2D eigenvalue weighted by atomic mass is 9.96.